The Balaban J connectivity index is 1.98. The molecule has 0 fully saturated rings. The fraction of sp³-hybridized carbons (Fsp3) is 0.176. The van der Waals surface area contributed by atoms with Gasteiger partial charge in [0.2, 0.25) is 0 Å². The van der Waals surface area contributed by atoms with Crippen LogP contribution in [0.1, 0.15) is 32.0 Å². The van der Waals surface area contributed by atoms with E-state index in [1.54, 1.807) is 42.9 Å². The number of hydrogen-bond acceptors (Lipinski definition) is 4. The summed E-state index contributed by atoms with van der Waals surface area (Å²) >= 11 is 0. The maximum atomic E-state index is 12.5. The Labute approximate surface area is 138 Å². The number of rotatable bonds is 3. The quantitative estimate of drug-likeness (QED) is 0.768. The molecule has 0 aliphatic rings. The topological polar surface area (TPSA) is 103 Å². The van der Waals surface area contributed by atoms with Crippen LogP contribution in [0.4, 0.5) is 5.69 Å². The summed E-state index contributed by atoms with van der Waals surface area (Å²) in [6.07, 6.45) is 1.48. The van der Waals surface area contributed by atoms with Crippen molar-refractivity contribution in [3.63, 3.8) is 0 Å². The Morgan fingerprint density at radius 1 is 1.25 bits per heavy atom. The molecule has 0 radical (unpaired) electrons. The molecule has 0 bridgehead atoms. The number of anilines is 1. The van der Waals surface area contributed by atoms with E-state index < -0.39 is 5.91 Å². The Morgan fingerprint density at radius 3 is 2.71 bits per heavy atom. The van der Waals surface area contributed by atoms with E-state index in [-0.39, 0.29) is 5.91 Å². The highest BCUT2D eigenvalue weighted by Crippen LogP contribution is 2.21. The Bertz CT molecular complexity index is 975. The number of aromatic nitrogens is 3. The zero-order valence-electron chi connectivity index (χ0n) is 13.6. The lowest BCUT2D eigenvalue weighted by atomic mass is 10.1. The number of nitrogens with two attached hydrogens (primary N) is 1. The smallest absolute Gasteiger partial charge is 0.257 e. The molecule has 0 aliphatic carbocycles. The van der Waals surface area contributed by atoms with Crippen molar-refractivity contribution >= 4 is 28.5 Å². The standard InChI is InChI=1S/C17H17N5O2/c1-9-5-4-6-13(14(9)15(18)23)20-17(24)11-7-12-10(2)21-22(3)16(12)19-8-11/h4-8H,1-3H3,(H2,18,23)(H,20,24). The van der Waals surface area contributed by atoms with E-state index in [9.17, 15) is 9.59 Å². The minimum atomic E-state index is -0.583. The first-order chi connectivity index (χ1) is 11.4. The van der Waals surface area contributed by atoms with Gasteiger partial charge in [0.15, 0.2) is 5.65 Å². The first kappa shape index (κ1) is 15.7. The number of benzene rings is 1. The van der Waals surface area contributed by atoms with Crippen LogP contribution in [0.2, 0.25) is 0 Å². The Hall–Kier alpha value is -3.22. The van der Waals surface area contributed by atoms with Crippen LogP contribution in [0.3, 0.4) is 0 Å². The summed E-state index contributed by atoms with van der Waals surface area (Å²) in [5, 5.41) is 7.83. The normalized spacial score (nSPS) is 10.8. The highest BCUT2D eigenvalue weighted by atomic mass is 16.2. The molecule has 0 atom stereocenters. The van der Waals surface area contributed by atoms with E-state index in [4.69, 9.17) is 5.73 Å². The molecule has 0 aliphatic heterocycles. The molecule has 1 aromatic carbocycles. The zero-order valence-corrected chi connectivity index (χ0v) is 13.6. The summed E-state index contributed by atoms with van der Waals surface area (Å²) in [7, 11) is 1.80. The van der Waals surface area contributed by atoms with Crippen LogP contribution >= 0.6 is 0 Å². The van der Waals surface area contributed by atoms with Crippen molar-refractivity contribution in [2.24, 2.45) is 12.8 Å². The van der Waals surface area contributed by atoms with E-state index in [1.165, 1.54) is 6.20 Å². The number of hydrogen-bond donors (Lipinski definition) is 2. The summed E-state index contributed by atoms with van der Waals surface area (Å²) in [5.41, 5.74) is 8.69. The molecule has 3 rings (SSSR count). The lowest BCUT2D eigenvalue weighted by molar-refractivity contribution is 0.100. The van der Waals surface area contributed by atoms with Gasteiger partial charge in [0, 0.05) is 18.6 Å². The number of aryl methyl sites for hydroxylation is 3. The molecular weight excluding hydrogens is 306 g/mol. The first-order valence-electron chi connectivity index (χ1n) is 7.38. The monoisotopic (exact) mass is 323 g/mol. The average Bonchev–Trinajstić information content (AvgIpc) is 2.81. The lowest BCUT2D eigenvalue weighted by Crippen LogP contribution is -2.19. The van der Waals surface area contributed by atoms with Gasteiger partial charge in [-0.05, 0) is 31.5 Å². The Morgan fingerprint density at radius 2 is 2.00 bits per heavy atom. The molecule has 0 saturated carbocycles. The lowest BCUT2D eigenvalue weighted by Gasteiger charge is -2.11. The molecule has 2 heterocycles. The van der Waals surface area contributed by atoms with E-state index in [0.717, 1.165) is 11.1 Å². The third-order valence-electron chi connectivity index (χ3n) is 3.89. The van der Waals surface area contributed by atoms with Crippen LogP contribution in [0.15, 0.2) is 30.5 Å². The summed E-state index contributed by atoms with van der Waals surface area (Å²) in [5.74, 6) is -0.944. The van der Waals surface area contributed by atoms with Gasteiger partial charge < -0.3 is 11.1 Å². The molecule has 0 saturated heterocycles. The minimum Gasteiger partial charge on any atom is -0.366 e. The average molecular weight is 323 g/mol. The molecule has 7 nitrogen and oxygen atoms in total. The second-order valence-corrected chi connectivity index (χ2v) is 5.62. The van der Waals surface area contributed by atoms with Gasteiger partial charge in [0.25, 0.3) is 11.8 Å². The number of nitrogens with zero attached hydrogens (tertiary/aromatic N) is 3. The van der Waals surface area contributed by atoms with Crippen molar-refractivity contribution in [1.29, 1.82) is 0 Å². The minimum absolute atomic E-state index is 0.303. The number of carbonyl (C=O) groups is 2. The van der Waals surface area contributed by atoms with Gasteiger partial charge in [-0.1, -0.05) is 12.1 Å². The number of nitrogens with one attached hydrogen (secondary N) is 1. The molecule has 2 aromatic heterocycles. The molecule has 7 heteroatoms. The summed E-state index contributed by atoms with van der Waals surface area (Å²) in [6.45, 7) is 3.62. The van der Waals surface area contributed by atoms with E-state index in [2.05, 4.69) is 15.4 Å². The van der Waals surface area contributed by atoms with Crippen LogP contribution in [-0.4, -0.2) is 26.6 Å². The maximum absolute atomic E-state index is 12.5. The van der Waals surface area contributed by atoms with Crippen LogP contribution in [0.5, 0.6) is 0 Å². The van der Waals surface area contributed by atoms with Gasteiger partial charge in [-0.3, -0.25) is 14.3 Å². The molecule has 122 valence electrons. The second kappa shape index (κ2) is 5.77. The predicted molar refractivity (Wildman–Crippen MR) is 90.9 cm³/mol. The number of carbonyl (C=O) groups excluding carboxylic acids is 2. The van der Waals surface area contributed by atoms with E-state index >= 15 is 0 Å². The first-order valence-corrected chi connectivity index (χ1v) is 7.38. The van der Waals surface area contributed by atoms with Gasteiger partial charge in [0.1, 0.15) is 0 Å². The van der Waals surface area contributed by atoms with Gasteiger partial charge >= 0.3 is 0 Å². The molecular formula is C17H17N5O2. The molecule has 0 unspecified atom stereocenters. The summed E-state index contributed by atoms with van der Waals surface area (Å²) in [6, 6.07) is 6.90. The third kappa shape index (κ3) is 2.60. The molecule has 2 amide bonds. The van der Waals surface area contributed by atoms with Crippen molar-refractivity contribution < 1.29 is 9.59 Å². The van der Waals surface area contributed by atoms with Crippen molar-refractivity contribution in [3.8, 4) is 0 Å². The summed E-state index contributed by atoms with van der Waals surface area (Å²) in [4.78, 5) is 28.4. The number of pyridine rings is 1. The fourth-order valence-corrected chi connectivity index (χ4v) is 2.73. The number of primary amides is 1. The van der Waals surface area contributed by atoms with Crippen molar-refractivity contribution in [2.45, 2.75) is 13.8 Å². The fourth-order valence-electron chi connectivity index (χ4n) is 2.73. The van der Waals surface area contributed by atoms with Gasteiger partial charge in [0.05, 0.1) is 22.5 Å². The van der Waals surface area contributed by atoms with E-state index in [0.29, 0.717) is 28.0 Å². The molecule has 3 N–H and O–H groups in total. The second-order valence-electron chi connectivity index (χ2n) is 5.62. The molecule has 24 heavy (non-hydrogen) atoms. The van der Waals surface area contributed by atoms with Crippen LogP contribution in [0, 0.1) is 13.8 Å². The van der Waals surface area contributed by atoms with Crippen LogP contribution in [0.25, 0.3) is 11.0 Å². The van der Waals surface area contributed by atoms with Crippen molar-refractivity contribution in [2.75, 3.05) is 5.32 Å². The van der Waals surface area contributed by atoms with Gasteiger partial charge in [-0.2, -0.15) is 5.10 Å². The van der Waals surface area contributed by atoms with Gasteiger partial charge in [-0.15, -0.1) is 0 Å². The Kier molecular flexibility index (Phi) is 3.76. The molecule has 0 spiro atoms. The SMILES string of the molecule is Cc1cccc(NC(=O)c2cnc3c(c2)c(C)nn3C)c1C(N)=O. The highest BCUT2D eigenvalue weighted by molar-refractivity contribution is 6.10. The number of fused-ring (bicyclic) bond motifs is 1. The third-order valence-corrected chi connectivity index (χ3v) is 3.89. The maximum Gasteiger partial charge on any atom is 0.257 e. The number of amides is 2. The van der Waals surface area contributed by atoms with E-state index in [1.807, 2.05) is 6.92 Å². The summed E-state index contributed by atoms with van der Waals surface area (Å²) < 4.78 is 1.66. The van der Waals surface area contributed by atoms with Crippen LogP contribution < -0.4 is 11.1 Å². The predicted octanol–water partition coefficient (Wildman–Crippen LogP) is 1.94. The van der Waals surface area contributed by atoms with Crippen molar-refractivity contribution in [3.05, 3.63) is 52.8 Å². The zero-order chi connectivity index (χ0) is 17.4. The van der Waals surface area contributed by atoms with Crippen LogP contribution in [-0.2, 0) is 7.05 Å². The van der Waals surface area contributed by atoms with Crippen molar-refractivity contribution in [1.82, 2.24) is 14.8 Å². The van der Waals surface area contributed by atoms with Gasteiger partial charge in [-0.25, -0.2) is 4.98 Å². The largest absolute Gasteiger partial charge is 0.366 e. The molecule has 3 aromatic rings. The highest BCUT2D eigenvalue weighted by Gasteiger charge is 2.16.